The predicted octanol–water partition coefficient (Wildman–Crippen LogP) is 2.69. The highest BCUT2D eigenvalue weighted by atomic mass is 16.5. The minimum atomic E-state index is -0.976. The van der Waals surface area contributed by atoms with Crippen molar-refractivity contribution in [1.82, 2.24) is 0 Å². The molecule has 0 bridgehead atoms. The molecule has 0 saturated heterocycles. The molecule has 4 nitrogen and oxygen atoms in total. The number of methoxy groups -OCH3 is 1. The lowest BCUT2D eigenvalue weighted by atomic mass is 9.83. The molecule has 0 saturated carbocycles. The van der Waals surface area contributed by atoms with Gasteiger partial charge in [0.2, 0.25) is 0 Å². The highest BCUT2D eigenvalue weighted by molar-refractivity contribution is 5.80. The predicted molar refractivity (Wildman–Crippen MR) is 71.8 cm³/mol. The van der Waals surface area contributed by atoms with E-state index >= 15 is 0 Å². The number of aliphatic carboxylic acids is 1. The lowest BCUT2D eigenvalue weighted by Crippen LogP contribution is -2.30. The first-order chi connectivity index (χ1) is 8.97. The topological polar surface area (TPSA) is 63.6 Å². The second-order valence-electron chi connectivity index (χ2n) is 4.80. The molecule has 0 amide bonds. The summed E-state index contributed by atoms with van der Waals surface area (Å²) in [5.41, 5.74) is 1.09. The van der Waals surface area contributed by atoms with E-state index in [1.807, 2.05) is 37.3 Å². The summed E-state index contributed by atoms with van der Waals surface area (Å²) in [6.07, 6.45) is 0.462. The number of carbonyl (C=O) groups excluding carboxylic acids is 1. The Balaban J connectivity index is 2.83. The Hall–Kier alpha value is -1.84. The van der Waals surface area contributed by atoms with Crippen LogP contribution in [0.3, 0.4) is 0 Å². The molecule has 0 spiro atoms. The zero-order chi connectivity index (χ0) is 14.4. The van der Waals surface area contributed by atoms with Crippen LogP contribution < -0.4 is 0 Å². The molecule has 0 radical (unpaired) electrons. The first kappa shape index (κ1) is 15.2. The minimum Gasteiger partial charge on any atom is -0.481 e. The van der Waals surface area contributed by atoms with Gasteiger partial charge in [0, 0.05) is 0 Å². The Morgan fingerprint density at radius 1 is 1.21 bits per heavy atom. The third-order valence-corrected chi connectivity index (χ3v) is 3.47. The molecule has 1 aromatic rings. The maximum absolute atomic E-state index is 11.7. The maximum Gasteiger partial charge on any atom is 0.309 e. The van der Waals surface area contributed by atoms with Gasteiger partial charge in [-0.1, -0.05) is 44.2 Å². The van der Waals surface area contributed by atoms with Crippen LogP contribution in [0.1, 0.15) is 31.7 Å². The van der Waals surface area contributed by atoms with E-state index < -0.39 is 23.8 Å². The van der Waals surface area contributed by atoms with Crippen LogP contribution in [-0.2, 0) is 14.3 Å². The molecule has 0 aromatic heterocycles. The van der Waals surface area contributed by atoms with Gasteiger partial charge in [0.25, 0.3) is 0 Å². The molecular weight excluding hydrogens is 244 g/mol. The van der Waals surface area contributed by atoms with E-state index in [1.54, 1.807) is 6.92 Å². The molecule has 1 N–H and O–H groups in total. The number of carboxylic acid groups (broad SMARTS) is 1. The molecule has 0 aliphatic carbocycles. The zero-order valence-electron chi connectivity index (χ0n) is 11.5. The molecule has 0 aliphatic heterocycles. The normalized spacial score (nSPS) is 15.3. The van der Waals surface area contributed by atoms with Gasteiger partial charge in [-0.2, -0.15) is 0 Å². The summed E-state index contributed by atoms with van der Waals surface area (Å²) in [6.45, 7) is 3.53. The SMILES string of the molecule is COC(=O)C(CC(C)c1ccccc1)C(C)C(=O)O. The first-order valence-electron chi connectivity index (χ1n) is 6.33. The zero-order valence-corrected chi connectivity index (χ0v) is 11.5. The highest BCUT2D eigenvalue weighted by Crippen LogP contribution is 2.28. The van der Waals surface area contributed by atoms with Gasteiger partial charge in [-0.3, -0.25) is 9.59 Å². The van der Waals surface area contributed by atoms with Crippen molar-refractivity contribution >= 4 is 11.9 Å². The van der Waals surface area contributed by atoms with Crippen molar-refractivity contribution in [1.29, 1.82) is 0 Å². The molecule has 3 atom stereocenters. The van der Waals surface area contributed by atoms with Crippen LogP contribution in [0.5, 0.6) is 0 Å². The van der Waals surface area contributed by atoms with Crippen molar-refractivity contribution in [2.24, 2.45) is 11.8 Å². The minimum absolute atomic E-state index is 0.104. The van der Waals surface area contributed by atoms with Crippen molar-refractivity contribution < 1.29 is 19.4 Å². The van der Waals surface area contributed by atoms with Gasteiger partial charge in [-0.25, -0.2) is 0 Å². The number of benzene rings is 1. The Kier molecular flexibility index (Phi) is 5.55. The number of carboxylic acids is 1. The second kappa shape index (κ2) is 6.92. The van der Waals surface area contributed by atoms with E-state index in [1.165, 1.54) is 7.11 Å². The standard InChI is InChI=1S/C15H20O4/c1-10(12-7-5-4-6-8-12)9-13(15(18)19-3)11(2)14(16)17/h4-8,10-11,13H,9H2,1-3H3,(H,16,17). The fourth-order valence-electron chi connectivity index (χ4n) is 2.13. The summed E-state index contributed by atoms with van der Waals surface area (Å²) in [4.78, 5) is 22.8. The Bertz CT molecular complexity index is 427. The summed E-state index contributed by atoms with van der Waals surface area (Å²) >= 11 is 0. The van der Waals surface area contributed by atoms with Gasteiger partial charge >= 0.3 is 11.9 Å². The van der Waals surface area contributed by atoms with Gasteiger partial charge in [0.1, 0.15) is 0 Å². The Labute approximate surface area is 113 Å². The van der Waals surface area contributed by atoms with Crippen LogP contribution in [0.15, 0.2) is 30.3 Å². The van der Waals surface area contributed by atoms with Crippen LogP contribution in [0.4, 0.5) is 0 Å². The third kappa shape index (κ3) is 4.09. The highest BCUT2D eigenvalue weighted by Gasteiger charge is 2.32. The van der Waals surface area contributed by atoms with Crippen molar-refractivity contribution in [3.05, 3.63) is 35.9 Å². The van der Waals surface area contributed by atoms with Gasteiger partial charge in [0.15, 0.2) is 0 Å². The van der Waals surface area contributed by atoms with E-state index in [9.17, 15) is 9.59 Å². The Morgan fingerprint density at radius 3 is 2.26 bits per heavy atom. The van der Waals surface area contributed by atoms with Crippen LogP contribution >= 0.6 is 0 Å². The molecule has 1 rings (SSSR count). The van der Waals surface area contributed by atoms with E-state index in [2.05, 4.69) is 0 Å². The fourth-order valence-corrected chi connectivity index (χ4v) is 2.13. The number of ether oxygens (including phenoxy) is 1. The maximum atomic E-state index is 11.7. The average molecular weight is 264 g/mol. The molecule has 19 heavy (non-hydrogen) atoms. The van der Waals surface area contributed by atoms with Crippen LogP contribution in [-0.4, -0.2) is 24.2 Å². The molecule has 0 fully saturated rings. The summed E-state index contributed by atoms with van der Waals surface area (Å²) in [6, 6.07) is 9.74. The molecule has 4 heteroatoms. The van der Waals surface area contributed by atoms with Crippen molar-refractivity contribution in [2.45, 2.75) is 26.2 Å². The molecule has 1 aromatic carbocycles. The van der Waals surface area contributed by atoms with E-state index in [0.29, 0.717) is 6.42 Å². The number of carbonyl (C=O) groups is 2. The molecule has 104 valence electrons. The fraction of sp³-hybridized carbons (Fsp3) is 0.467. The lowest BCUT2D eigenvalue weighted by Gasteiger charge is -2.22. The van der Waals surface area contributed by atoms with Crippen LogP contribution in [0.2, 0.25) is 0 Å². The van der Waals surface area contributed by atoms with E-state index in [-0.39, 0.29) is 5.92 Å². The van der Waals surface area contributed by atoms with Gasteiger partial charge < -0.3 is 9.84 Å². The number of rotatable bonds is 6. The lowest BCUT2D eigenvalue weighted by molar-refractivity contribution is -0.155. The van der Waals surface area contributed by atoms with Crippen molar-refractivity contribution in [3.8, 4) is 0 Å². The summed E-state index contributed by atoms with van der Waals surface area (Å²) < 4.78 is 4.72. The monoisotopic (exact) mass is 264 g/mol. The molecule has 3 unspecified atom stereocenters. The first-order valence-corrected chi connectivity index (χ1v) is 6.33. The molecule has 0 aliphatic rings. The van der Waals surface area contributed by atoms with Crippen molar-refractivity contribution in [3.63, 3.8) is 0 Å². The smallest absolute Gasteiger partial charge is 0.309 e. The Morgan fingerprint density at radius 2 is 1.79 bits per heavy atom. The van der Waals surface area contributed by atoms with Crippen molar-refractivity contribution in [2.75, 3.05) is 7.11 Å². The second-order valence-corrected chi connectivity index (χ2v) is 4.80. The largest absolute Gasteiger partial charge is 0.481 e. The van der Waals surface area contributed by atoms with Crippen LogP contribution in [0, 0.1) is 11.8 Å². The third-order valence-electron chi connectivity index (χ3n) is 3.47. The molecular formula is C15H20O4. The average Bonchev–Trinajstić information content (AvgIpc) is 2.43. The van der Waals surface area contributed by atoms with Crippen LogP contribution in [0.25, 0.3) is 0 Å². The van der Waals surface area contributed by atoms with E-state index in [4.69, 9.17) is 9.84 Å². The number of esters is 1. The molecule has 0 heterocycles. The quantitative estimate of drug-likeness (QED) is 0.802. The van der Waals surface area contributed by atoms with E-state index in [0.717, 1.165) is 5.56 Å². The number of hydrogen-bond donors (Lipinski definition) is 1. The van der Waals surface area contributed by atoms with Gasteiger partial charge in [0.05, 0.1) is 18.9 Å². The summed E-state index contributed by atoms with van der Waals surface area (Å²) in [5, 5.41) is 9.07. The number of hydrogen-bond acceptors (Lipinski definition) is 3. The van der Waals surface area contributed by atoms with Gasteiger partial charge in [-0.15, -0.1) is 0 Å². The summed E-state index contributed by atoms with van der Waals surface area (Å²) in [7, 11) is 1.29. The summed E-state index contributed by atoms with van der Waals surface area (Å²) in [5.74, 6) is -2.71. The van der Waals surface area contributed by atoms with Gasteiger partial charge in [-0.05, 0) is 17.9 Å².